The number of aromatic nitrogens is 2. The van der Waals surface area contributed by atoms with E-state index in [-0.39, 0.29) is 23.9 Å². The van der Waals surface area contributed by atoms with E-state index >= 15 is 0 Å². The molecule has 1 rings (SSSR count). The molecular weight excluding hydrogens is 242 g/mol. The van der Waals surface area contributed by atoms with E-state index in [0.29, 0.717) is 5.69 Å². The standard InChI is InChI=1S/C9H13N5O2S/c1-7-5-8(6-10)14-9(13-7)12-3-4-17(15,16)11-2/h5,11H,3-4H2,1-2H3,(H,12,13,14). The van der Waals surface area contributed by atoms with Crippen molar-refractivity contribution < 1.29 is 8.42 Å². The van der Waals surface area contributed by atoms with Crippen LogP contribution in [0.3, 0.4) is 0 Å². The highest BCUT2D eigenvalue weighted by Crippen LogP contribution is 2.03. The lowest BCUT2D eigenvalue weighted by Gasteiger charge is -2.05. The molecule has 92 valence electrons. The Hall–Kier alpha value is -1.72. The number of hydrogen-bond acceptors (Lipinski definition) is 6. The molecule has 8 heteroatoms. The Morgan fingerprint density at radius 1 is 1.47 bits per heavy atom. The van der Waals surface area contributed by atoms with Crippen LogP contribution in [0.4, 0.5) is 5.95 Å². The van der Waals surface area contributed by atoms with Crippen molar-refractivity contribution in [2.45, 2.75) is 6.92 Å². The SMILES string of the molecule is CNS(=O)(=O)CCNc1nc(C)cc(C#N)n1. The average molecular weight is 255 g/mol. The molecule has 7 nitrogen and oxygen atoms in total. The van der Waals surface area contributed by atoms with E-state index in [1.165, 1.54) is 7.05 Å². The fourth-order valence-electron chi connectivity index (χ4n) is 1.10. The van der Waals surface area contributed by atoms with Crippen LogP contribution in [-0.2, 0) is 10.0 Å². The molecule has 0 spiro atoms. The van der Waals surface area contributed by atoms with Gasteiger partial charge in [0.05, 0.1) is 5.75 Å². The lowest BCUT2D eigenvalue weighted by Crippen LogP contribution is -2.26. The van der Waals surface area contributed by atoms with Crippen LogP contribution >= 0.6 is 0 Å². The normalized spacial score (nSPS) is 10.9. The molecule has 0 unspecified atom stereocenters. The van der Waals surface area contributed by atoms with Gasteiger partial charge in [0, 0.05) is 12.2 Å². The van der Waals surface area contributed by atoms with Crippen LogP contribution in [0.1, 0.15) is 11.4 Å². The summed E-state index contributed by atoms with van der Waals surface area (Å²) >= 11 is 0. The molecule has 0 aliphatic carbocycles. The van der Waals surface area contributed by atoms with Crippen LogP contribution in [0.15, 0.2) is 6.07 Å². The van der Waals surface area contributed by atoms with Crippen LogP contribution in [0.2, 0.25) is 0 Å². The van der Waals surface area contributed by atoms with Gasteiger partial charge in [0.2, 0.25) is 16.0 Å². The lowest BCUT2D eigenvalue weighted by molar-refractivity contribution is 0.588. The summed E-state index contributed by atoms with van der Waals surface area (Å²) in [6, 6.07) is 3.46. The van der Waals surface area contributed by atoms with Crippen molar-refractivity contribution in [3.63, 3.8) is 0 Å². The third-order valence-electron chi connectivity index (χ3n) is 1.93. The van der Waals surface area contributed by atoms with Gasteiger partial charge < -0.3 is 5.32 Å². The number of anilines is 1. The van der Waals surface area contributed by atoms with Gasteiger partial charge in [0.1, 0.15) is 11.8 Å². The summed E-state index contributed by atoms with van der Waals surface area (Å²) in [6.07, 6.45) is 0. The molecular formula is C9H13N5O2S. The fourth-order valence-corrected chi connectivity index (χ4v) is 1.68. The van der Waals surface area contributed by atoms with Gasteiger partial charge in [-0.1, -0.05) is 0 Å². The van der Waals surface area contributed by atoms with E-state index < -0.39 is 10.0 Å². The van der Waals surface area contributed by atoms with Crippen LogP contribution in [-0.4, -0.2) is 37.7 Å². The maximum atomic E-state index is 11.1. The molecule has 0 saturated carbocycles. The van der Waals surface area contributed by atoms with Crippen molar-refractivity contribution in [2.24, 2.45) is 0 Å². The monoisotopic (exact) mass is 255 g/mol. The van der Waals surface area contributed by atoms with Crippen molar-refractivity contribution in [3.8, 4) is 6.07 Å². The van der Waals surface area contributed by atoms with Crippen LogP contribution in [0.5, 0.6) is 0 Å². The number of nitriles is 1. The van der Waals surface area contributed by atoms with Crippen molar-refractivity contribution in [3.05, 3.63) is 17.5 Å². The minimum Gasteiger partial charge on any atom is -0.353 e. The molecule has 0 saturated heterocycles. The van der Waals surface area contributed by atoms with Crippen molar-refractivity contribution in [1.82, 2.24) is 14.7 Å². The molecule has 1 aromatic rings. The highest BCUT2D eigenvalue weighted by Gasteiger charge is 2.07. The summed E-state index contributed by atoms with van der Waals surface area (Å²) in [5.41, 5.74) is 0.895. The predicted octanol–water partition coefficient (Wildman–Crippen LogP) is -0.382. The topological polar surface area (TPSA) is 108 Å². The van der Waals surface area contributed by atoms with Crippen LogP contribution in [0, 0.1) is 18.3 Å². The van der Waals surface area contributed by atoms with Crippen LogP contribution < -0.4 is 10.0 Å². The Morgan fingerprint density at radius 3 is 2.76 bits per heavy atom. The summed E-state index contributed by atoms with van der Waals surface area (Å²) in [4.78, 5) is 7.94. The molecule has 0 fully saturated rings. The predicted molar refractivity (Wildman–Crippen MR) is 62.8 cm³/mol. The average Bonchev–Trinajstić information content (AvgIpc) is 2.28. The van der Waals surface area contributed by atoms with E-state index in [4.69, 9.17) is 5.26 Å². The molecule has 2 N–H and O–H groups in total. The highest BCUT2D eigenvalue weighted by atomic mass is 32.2. The minimum absolute atomic E-state index is 0.0807. The van der Waals surface area contributed by atoms with Gasteiger partial charge in [-0.15, -0.1) is 0 Å². The first kappa shape index (κ1) is 13.3. The molecule has 0 aliphatic rings. The second kappa shape index (κ2) is 5.56. The Bertz CT molecular complexity index is 535. The van der Waals surface area contributed by atoms with Gasteiger partial charge in [0.25, 0.3) is 0 Å². The quantitative estimate of drug-likeness (QED) is 0.742. The number of sulfonamides is 1. The summed E-state index contributed by atoms with van der Waals surface area (Å²) in [5.74, 6) is 0.177. The Morgan fingerprint density at radius 2 is 2.18 bits per heavy atom. The van der Waals surface area contributed by atoms with E-state index in [9.17, 15) is 8.42 Å². The highest BCUT2D eigenvalue weighted by molar-refractivity contribution is 7.89. The zero-order chi connectivity index (χ0) is 12.9. The first-order chi connectivity index (χ1) is 7.96. The van der Waals surface area contributed by atoms with Gasteiger partial charge >= 0.3 is 0 Å². The second-order valence-electron chi connectivity index (χ2n) is 3.28. The van der Waals surface area contributed by atoms with E-state index in [0.717, 1.165) is 0 Å². The molecule has 1 heterocycles. The minimum atomic E-state index is -3.25. The molecule has 17 heavy (non-hydrogen) atoms. The maximum Gasteiger partial charge on any atom is 0.224 e. The summed E-state index contributed by atoms with van der Waals surface area (Å²) in [6.45, 7) is 1.91. The summed E-state index contributed by atoms with van der Waals surface area (Å²) in [7, 11) is -1.90. The van der Waals surface area contributed by atoms with Gasteiger partial charge in [0.15, 0.2) is 0 Å². The fraction of sp³-hybridized carbons (Fsp3) is 0.444. The van der Waals surface area contributed by atoms with Gasteiger partial charge in [-0.2, -0.15) is 5.26 Å². The number of nitrogens with one attached hydrogen (secondary N) is 2. The van der Waals surface area contributed by atoms with Crippen molar-refractivity contribution >= 4 is 16.0 Å². The van der Waals surface area contributed by atoms with Gasteiger partial charge in [-0.05, 0) is 20.0 Å². The zero-order valence-electron chi connectivity index (χ0n) is 9.56. The largest absolute Gasteiger partial charge is 0.353 e. The summed E-state index contributed by atoms with van der Waals surface area (Å²) in [5, 5.41) is 11.5. The zero-order valence-corrected chi connectivity index (χ0v) is 10.4. The smallest absolute Gasteiger partial charge is 0.224 e. The Kier molecular flexibility index (Phi) is 4.37. The first-order valence-corrected chi connectivity index (χ1v) is 6.53. The number of nitrogens with zero attached hydrogens (tertiary/aromatic N) is 3. The van der Waals surface area contributed by atoms with E-state index in [1.807, 2.05) is 6.07 Å². The van der Waals surface area contributed by atoms with Gasteiger partial charge in [-0.25, -0.2) is 23.1 Å². The molecule has 0 bridgehead atoms. The molecule has 0 atom stereocenters. The molecule has 0 aromatic carbocycles. The van der Waals surface area contributed by atoms with Crippen LogP contribution in [0.25, 0.3) is 0 Å². The van der Waals surface area contributed by atoms with E-state index in [2.05, 4.69) is 20.0 Å². The molecule has 0 radical (unpaired) electrons. The first-order valence-electron chi connectivity index (χ1n) is 4.88. The number of hydrogen-bond donors (Lipinski definition) is 2. The molecule has 1 aromatic heterocycles. The summed E-state index contributed by atoms with van der Waals surface area (Å²) < 4.78 is 24.5. The Balaban J connectivity index is 2.65. The van der Waals surface area contributed by atoms with Gasteiger partial charge in [-0.3, -0.25) is 0 Å². The lowest BCUT2D eigenvalue weighted by atomic mass is 10.3. The van der Waals surface area contributed by atoms with Crippen molar-refractivity contribution in [2.75, 3.05) is 24.7 Å². The third-order valence-corrected chi connectivity index (χ3v) is 3.30. The molecule has 0 aliphatic heterocycles. The van der Waals surface area contributed by atoms with Crippen molar-refractivity contribution in [1.29, 1.82) is 5.26 Å². The van der Waals surface area contributed by atoms with E-state index in [1.54, 1.807) is 13.0 Å². The second-order valence-corrected chi connectivity index (χ2v) is 5.33. The maximum absolute atomic E-state index is 11.1. The Labute approximate surface area is 99.9 Å². The number of aryl methyl sites for hydroxylation is 1. The molecule has 0 amide bonds. The third kappa shape index (κ3) is 4.34. The number of rotatable bonds is 5.